The van der Waals surface area contributed by atoms with E-state index in [0.29, 0.717) is 19.5 Å². The van der Waals surface area contributed by atoms with Crippen molar-refractivity contribution in [2.45, 2.75) is 59.3 Å². The minimum atomic E-state index is -0.314. The highest BCUT2D eigenvalue weighted by molar-refractivity contribution is 5.94. The highest BCUT2D eigenvalue weighted by atomic mass is 16.2. The van der Waals surface area contributed by atoms with Gasteiger partial charge in [0.05, 0.1) is 0 Å². The summed E-state index contributed by atoms with van der Waals surface area (Å²) in [6.07, 6.45) is 5.44. The lowest BCUT2D eigenvalue weighted by Crippen LogP contribution is -2.55. The van der Waals surface area contributed by atoms with Crippen LogP contribution in [-0.4, -0.2) is 52.8 Å². The molecule has 2 saturated heterocycles. The molecule has 6 nitrogen and oxygen atoms in total. The molecule has 0 aliphatic carbocycles. The van der Waals surface area contributed by atoms with Gasteiger partial charge >= 0.3 is 0 Å². The normalized spacial score (nSPS) is 23.1. The minimum Gasteiger partial charge on any atom is -0.342 e. The molecule has 1 aromatic heterocycles. The molecule has 2 fully saturated rings. The van der Waals surface area contributed by atoms with Gasteiger partial charge in [-0.1, -0.05) is 13.3 Å². The van der Waals surface area contributed by atoms with Crippen LogP contribution in [0.25, 0.3) is 0 Å². The van der Waals surface area contributed by atoms with Gasteiger partial charge in [-0.05, 0) is 51.2 Å². The quantitative estimate of drug-likeness (QED) is 0.882. The number of aryl methyl sites for hydroxylation is 2. The second-order valence-corrected chi connectivity index (χ2v) is 8.32. The van der Waals surface area contributed by atoms with Crippen molar-refractivity contribution in [2.24, 2.45) is 5.41 Å². The zero-order valence-electron chi connectivity index (χ0n) is 16.8. The van der Waals surface area contributed by atoms with E-state index in [1.807, 2.05) is 23.6 Å². The van der Waals surface area contributed by atoms with E-state index < -0.39 is 0 Å². The first kappa shape index (κ1) is 19.6. The van der Waals surface area contributed by atoms with Crippen LogP contribution in [0.1, 0.15) is 67.1 Å². The van der Waals surface area contributed by atoms with Crippen LogP contribution in [0, 0.1) is 19.3 Å². The fourth-order valence-corrected chi connectivity index (χ4v) is 4.43. The Morgan fingerprint density at radius 2 is 2.00 bits per heavy atom. The number of nitrogens with one attached hydrogen (secondary N) is 1. The second kappa shape index (κ2) is 7.87. The van der Waals surface area contributed by atoms with Gasteiger partial charge in [-0.3, -0.25) is 14.4 Å². The number of aromatic nitrogens is 1. The molecule has 1 aromatic rings. The molecule has 1 N–H and O–H groups in total. The third kappa shape index (κ3) is 4.09. The number of nitrogens with zero attached hydrogens (tertiary/aromatic N) is 2. The predicted octanol–water partition coefficient (Wildman–Crippen LogP) is 2.64. The standard InChI is InChI=1S/C21H31N3O3/c1-4-5-10-23-13-21(9-7-18(23)25)8-6-11-24(14-21)20(27)17-12-15(2)16(3)22-19(17)26/h12H,4-11,13-14H2,1-3H3,(H,22,26)/t21-/m0/s1. The summed E-state index contributed by atoms with van der Waals surface area (Å²) < 4.78 is 0. The summed E-state index contributed by atoms with van der Waals surface area (Å²) >= 11 is 0. The number of unbranched alkanes of at least 4 members (excludes halogenated alkanes) is 1. The van der Waals surface area contributed by atoms with E-state index in [1.165, 1.54) is 0 Å². The van der Waals surface area contributed by atoms with E-state index in [-0.39, 0.29) is 28.4 Å². The summed E-state index contributed by atoms with van der Waals surface area (Å²) in [6.45, 7) is 8.72. The summed E-state index contributed by atoms with van der Waals surface area (Å²) in [5.41, 5.74) is 1.60. The van der Waals surface area contributed by atoms with E-state index in [2.05, 4.69) is 11.9 Å². The molecular weight excluding hydrogens is 342 g/mol. The van der Waals surface area contributed by atoms with E-state index in [1.54, 1.807) is 6.07 Å². The van der Waals surface area contributed by atoms with Gasteiger partial charge in [-0.15, -0.1) is 0 Å². The Bertz CT molecular complexity index is 785. The number of carbonyl (C=O) groups is 2. The van der Waals surface area contributed by atoms with Crippen LogP contribution < -0.4 is 5.56 Å². The molecule has 0 radical (unpaired) electrons. The predicted molar refractivity (Wildman–Crippen MR) is 105 cm³/mol. The number of piperidine rings is 2. The van der Waals surface area contributed by atoms with Crippen LogP contribution in [-0.2, 0) is 4.79 Å². The third-order valence-electron chi connectivity index (χ3n) is 6.21. The molecule has 3 heterocycles. The maximum atomic E-state index is 13.1. The number of pyridine rings is 1. The molecule has 148 valence electrons. The SMILES string of the molecule is CCCCN1C[C@]2(CCCN(C(=O)c3cc(C)c(C)[nH]c3=O)C2)CCC1=O. The van der Waals surface area contributed by atoms with Gasteiger partial charge < -0.3 is 14.8 Å². The van der Waals surface area contributed by atoms with Crippen molar-refractivity contribution >= 4 is 11.8 Å². The molecule has 2 aliphatic heterocycles. The minimum absolute atomic E-state index is 0.0257. The summed E-state index contributed by atoms with van der Waals surface area (Å²) in [6, 6.07) is 1.70. The molecule has 6 heteroatoms. The topological polar surface area (TPSA) is 73.5 Å². The molecule has 2 amide bonds. The Kier molecular flexibility index (Phi) is 5.72. The van der Waals surface area contributed by atoms with Crippen LogP contribution in [0.15, 0.2) is 10.9 Å². The largest absolute Gasteiger partial charge is 0.342 e. The molecule has 0 bridgehead atoms. The van der Waals surface area contributed by atoms with Crippen molar-refractivity contribution in [2.75, 3.05) is 26.2 Å². The average molecular weight is 373 g/mol. The molecular formula is C21H31N3O3. The van der Waals surface area contributed by atoms with Crippen molar-refractivity contribution in [3.05, 3.63) is 33.2 Å². The van der Waals surface area contributed by atoms with Crippen LogP contribution in [0.3, 0.4) is 0 Å². The van der Waals surface area contributed by atoms with Gasteiger partial charge in [0.25, 0.3) is 11.5 Å². The summed E-state index contributed by atoms with van der Waals surface area (Å²) in [4.78, 5) is 44.2. The number of rotatable bonds is 4. The highest BCUT2D eigenvalue weighted by Gasteiger charge is 2.42. The van der Waals surface area contributed by atoms with Gasteiger partial charge in [0.15, 0.2) is 0 Å². The van der Waals surface area contributed by atoms with Gasteiger partial charge in [-0.25, -0.2) is 0 Å². The lowest BCUT2D eigenvalue weighted by molar-refractivity contribution is -0.139. The Morgan fingerprint density at radius 1 is 1.22 bits per heavy atom. The molecule has 27 heavy (non-hydrogen) atoms. The fourth-order valence-electron chi connectivity index (χ4n) is 4.43. The zero-order chi connectivity index (χ0) is 19.6. The Morgan fingerprint density at radius 3 is 2.74 bits per heavy atom. The molecule has 1 atom stereocenters. The molecule has 2 aliphatic rings. The number of hydrogen-bond donors (Lipinski definition) is 1. The second-order valence-electron chi connectivity index (χ2n) is 8.32. The molecule has 3 rings (SSSR count). The van der Waals surface area contributed by atoms with Gasteiger partial charge in [0.1, 0.15) is 5.56 Å². The van der Waals surface area contributed by atoms with E-state index in [9.17, 15) is 14.4 Å². The zero-order valence-corrected chi connectivity index (χ0v) is 16.8. The maximum Gasteiger partial charge on any atom is 0.261 e. The van der Waals surface area contributed by atoms with E-state index in [0.717, 1.165) is 56.5 Å². The lowest BCUT2D eigenvalue weighted by atomic mass is 9.73. The Balaban J connectivity index is 1.77. The van der Waals surface area contributed by atoms with Crippen molar-refractivity contribution < 1.29 is 9.59 Å². The molecule has 1 spiro atoms. The first-order valence-corrected chi connectivity index (χ1v) is 10.1. The number of carbonyl (C=O) groups excluding carboxylic acids is 2. The van der Waals surface area contributed by atoms with Crippen LogP contribution >= 0.6 is 0 Å². The third-order valence-corrected chi connectivity index (χ3v) is 6.21. The summed E-state index contributed by atoms with van der Waals surface area (Å²) in [5.74, 6) is 0.0542. The number of likely N-dealkylation sites (tertiary alicyclic amines) is 2. The number of H-pyrrole nitrogens is 1. The maximum absolute atomic E-state index is 13.1. The highest BCUT2D eigenvalue weighted by Crippen LogP contribution is 2.39. The molecule has 0 saturated carbocycles. The van der Waals surface area contributed by atoms with E-state index in [4.69, 9.17) is 0 Å². The van der Waals surface area contributed by atoms with E-state index >= 15 is 0 Å². The first-order valence-electron chi connectivity index (χ1n) is 10.1. The van der Waals surface area contributed by atoms with Crippen LogP contribution in [0.2, 0.25) is 0 Å². The first-order chi connectivity index (χ1) is 12.8. The van der Waals surface area contributed by atoms with Crippen LogP contribution in [0.5, 0.6) is 0 Å². The smallest absolute Gasteiger partial charge is 0.261 e. The van der Waals surface area contributed by atoms with Gasteiger partial charge in [0, 0.05) is 43.7 Å². The number of amides is 2. The van der Waals surface area contributed by atoms with Crippen molar-refractivity contribution in [1.29, 1.82) is 0 Å². The average Bonchev–Trinajstić information content (AvgIpc) is 2.65. The Hall–Kier alpha value is -2.11. The number of aromatic amines is 1. The fraction of sp³-hybridized carbons (Fsp3) is 0.667. The van der Waals surface area contributed by atoms with Crippen LogP contribution in [0.4, 0.5) is 0 Å². The van der Waals surface area contributed by atoms with Crippen molar-refractivity contribution in [1.82, 2.24) is 14.8 Å². The van der Waals surface area contributed by atoms with Gasteiger partial charge in [-0.2, -0.15) is 0 Å². The summed E-state index contributed by atoms with van der Waals surface area (Å²) in [5, 5.41) is 0. The van der Waals surface area contributed by atoms with Crippen molar-refractivity contribution in [3.63, 3.8) is 0 Å². The molecule has 0 aromatic carbocycles. The Labute approximate surface area is 160 Å². The molecule has 0 unspecified atom stereocenters. The van der Waals surface area contributed by atoms with Gasteiger partial charge in [0.2, 0.25) is 5.91 Å². The summed E-state index contributed by atoms with van der Waals surface area (Å²) in [7, 11) is 0. The monoisotopic (exact) mass is 373 g/mol. The number of hydrogen-bond acceptors (Lipinski definition) is 3. The lowest BCUT2D eigenvalue weighted by Gasteiger charge is -2.48. The van der Waals surface area contributed by atoms with Crippen molar-refractivity contribution in [3.8, 4) is 0 Å².